The lowest BCUT2D eigenvalue weighted by atomic mass is 9.96. The Morgan fingerprint density at radius 1 is 1.29 bits per heavy atom. The van der Waals surface area contributed by atoms with E-state index in [1.807, 2.05) is 30.3 Å². The molecular weight excluding hydrogens is 266 g/mol. The first-order chi connectivity index (χ1) is 10.2. The fourth-order valence-corrected chi connectivity index (χ4v) is 2.23. The molecule has 0 spiro atoms. The summed E-state index contributed by atoms with van der Waals surface area (Å²) in [6.07, 6.45) is 2.74. The molecule has 1 heterocycles. The van der Waals surface area contributed by atoms with Crippen LogP contribution in [-0.2, 0) is 11.3 Å². The highest BCUT2D eigenvalue weighted by molar-refractivity contribution is 5.76. The number of carbonyl (C=O) groups excluding carboxylic acids is 1. The summed E-state index contributed by atoms with van der Waals surface area (Å²) in [5, 5.41) is 14.0. The molecular formula is C15H21N5O. The maximum Gasteiger partial charge on any atom is 0.220 e. The van der Waals surface area contributed by atoms with Gasteiger partial charge < -0.3 is 5.32 Å². The van der Waals surface area contributed by atoms with Crippen LogP contribution in [-0.4, -0.2) is 26.1 Å². The van der Waals surface area contributed by atoms with Crippen molar-refractivity contribution in [2.75, 3.05) is 0 Å². The third-order valence-corrected chi connectivity index (χ3v) is 3.32. The summed E-state index contributed by atoms with van der Waals surface area (Å²) < 4.78 is 1.63. The Balaban J connectivity index is 1.84. The van der Waals surface area contributed by atoms with Crippen LogP contribution in [0.3, 0.4) is 0 Å². The minimum Gasteiger partial charge on any atom is -0.349 e. The van der Waals surface area contributed by atoms with Crippen molar-refractivity contribution in [1.29, 1.82) is 0 Å². The Kier molecular flexibility index (Phi) is 5.43. The minimum atomic E-state index is 0.0479. The van der Waals surface area contributed by atoms with Gasteiger partial charge in [0.1, 0.15) is 6.33 Å². The molecule has 2 rings (SSSR count). The minimum absolute atomic E-state index is 0.0479. The van der Waals surface area contributed by atoms with Crippen LogP contribution in [0, 0.1) is 5.92 Å². The fourth-order valence-electron chi connectivity index (χ4n) is 2.23. The first kappa shape index (κ1) is 15.2. The van der Waals surface area contributed by atoms with Crippen LogP contribution in [0.4, 0.5) is 0 Å². The number of nitrogens with one attached hydrogen (secondary N) is 1. The quantitative estimate of drug-likeness (QED) is 0.845. The first-order valence-corrected chi connectivity index (χ1v) is 7.22. The first-order valence-electron chi connectivity index (χ1n) is 7.22. The molecule has 0 saturated heterocycles. The van der Waals surface area contributed by atoms with Crippen LogP contribution in [0.15, 0.2) is 36.7 Å². The summed E-state index contributed by atoms with van der Waals surface area (Å²) in [4.78, 5) is 12.1. The lowest BCUT2D eigenvalue weighted by Crippen LogP contribution is -2.31. The van der Waals surface area contributed by atoms with E-state index in [9.17, 15) is 4.79 Å². The highest BCUT2D eigenvalue weighted by Crippen LogP contribution is 2.21. The average Bonchev–Trinajstić information content (AvgIpc) is 2.98. The number of rotatable bonds is 7. The summed E-state index contributed by atoms with van der Waals surface area (Å²) >= 11 is 0. The normalized spacial score (nSPS) is 12.3. The molecule has 0 saturated carbocycles. The van der Waals surface area contributed by atoms with Crippen LogP contribution >= 0.6 is 0 Å². The molecule has 1 amide bonds. The van der Waals surface area contributed by atoms with Crippen molar-refractivity contribution in [3.63, 3.8) is 0 Å². The van der Waals surface area contributed by atoms with E-state index in [1.165, 1.54) is 0 Å². The van der Waals surface area contributed by atoms with Crippen LogP contribution in [0.5, 0.6) is 0 Å². The summed E-state index contributed by atoms with van der Waals surface area (Å²) in [5.41, 5.74) is 1.14. The predicted molar refractivity (Wildman–Crippen MR) is 79.2 cm³/mol. The van der Waals surface area contributed by atoms with Gasteiger partial charge in [0.25, 0.3) is 0 Å². The van der Waals surface area contributed by atoms with Crippen molar-refractivity contribution in [1.82, 2.24) is 25.5 Å². The van der Waals surface area contributed by atoms with Gasteiger partial charge in [-0.1, -0.05) is 44.2 Å². The summed E-state index contributed by atoms with van der Waals surface area (Å²) in [5.74, 6) is 0.404. The van der Waals surface area contributed by atoms with Gasteiger partial charge in [-0.05, 0) is 28.3 Å². The molecule has 1 N–H and O–H groups in total. The Bertz CT molecular complexity index is 538. The van der Waals surface area contributed by atoms with E-state index in [1.54, 1.807) is 11.0 Å². The number of nitrogens with zero attached hydrogens (tertiary/aromatic N) is 4. The second-order valence-corrected chi connectivity index (χ2v) is 5.38. The van der Waals surface area contributed by atoms with Crippen molar-refractivity contribution >= 4 is 5.91 Å². The van der Waals surface area contributed by atoms with Crippen LogP contribution in [0.25, 0.3) is 0 Å². The van der Waals surface area contributed by atoms with Gasteiger partial charge in [-0.25, -0.2) is 4.68 Å². The highest BCUT2D eigenvalue weighted by atomic mass is 16.1. The maximum atomic E-state index is 12.1. The van der Waals surface area contributed by atoms with Gasteiger partial charge in [-0.15, -0.1) is 5.10 Å². The number of carbonyl (C=O) groups is 1. The fraction of sp³-hybridized carbons (Fsp3) is 0.467. The molecule has 1 aromatic carbocycles. The zero-order valence-corrected chi connectivity index (χ0v) is 12.4. The molecule has 0 radical (unpaired) electrons. The zero-order valence-electron chi connectivity index (χ0n) is 12.4. The maximum absolute atomic E-state index is 12.1. The summed E-state index contributed by atoms with van der Waals surface area (Å²) in [7, 11) is 0. The molecule has 6 nitrogen and oxygen atoms in total. The van der Waals surface area contributed by atoms with Gasteiger partial charge in [0, 0.05) is 13.0 Å². The van der Waals surface area contributed by atoms with Gasteiger partial charge in [0.05, 0.1) is 6.04 Å². The Morgan fingerprint density at radius 3 is 2.67 bits per heavy atom. The second kappa shape index (κ2) is 7.52. The van der Waals surface area contributed by atoms with E-state index in [4.69, 9.17) is 0 Å². The third-order valence-electron chi connectivity index (χ3n) is 3.32. The summed E-state index contributed by atoms with van der Waals surface area (Å²) in [6, 6.07) is 10.1. The number of aromatic nitrogens is 4. The summed E-state index contributed by atoms with van der Waals surface area (Å²) in [6.45, 7) is 4.87. The molecule has 1 unspecified atom stereocenters. The molecule has 1 aromatic heterocycles. The lowest BCUT2D eigenvalue weighted by molar-refractivity contribution is -0.122. The number of aryl methyl sites for hydroxylation is 1. The van der Waals surface area contributed by atoms with Gasteiger partial charge in [0.15, 0.2) is 0 Å². The van der Waals surface area contributed by atoms with Crippen molar-refractivity contribution < 1.29 is 4.79 Å². The SMILES string of the molecule is CC(C)C(NC(=O)CCCn1cnnn1)c1ccccc1. The molecule has 0 bridgehead atoms. The standard InChI is InChI=1S/C15H21N5O/c1-12(2)15(13-7-4-3-5-8-13)17-14(21)9-6-10-20-11-16-18-19-20/h3-5,7-8,11-12,15H,6,9-10H2,1-2H3,(H,17,21). The lowest BCUT2D eigenvalue weighted by Gasteiger charge is -2.23. The van der Waals surface area contributed by atoms with E-state index < -0.39 is 0 Å². The van der Waals surface area contributed by atoms with Crippen molar-refractivity contribution in [2.45, 2.75) is 39.3 Å². The smallest absolute Gasteiger partial charge is 0.220 e. The molecule has 6 heteroatoms. The average molecular weight is 287 g/mol. The number of hydrogen-bond donors (Lipinski definition) is 1. The number of hydrogen-bond acceptors (Lipinski definition) is 4. The molecule has 112 valence electrons. The molecule has 0 aliphatic rings. The van der Waals surface area contributed by atoms with E-state index >= 15 is 0 Å². The topological polar surface area (TPSA) is 72.7 Å². The molecule has 0 fully saturated rings. The number of tetrazole rings is 1. The van der Waals surface area contributed by atoms with Crippen LogP contribution in [0.1, 0.15) is 38.3 Å². The molecule has 1 atom stereocenters. The largest absolute Gasteiger partial charge is 0.349 e. The van der Waals surface area contributed by atoms with Crippen molar-refractivity contribution in [2.24, 2.45) is 5.92 Å². The zero-order chi connectivity index (χ0) is 15.1. The van der Waals surface area contributed by atoms with E-state index in [-0.39, 0.29) is 11.9 Å². The van der Waals surface area contributed by atoms with Gasteiger partial charge in [-0.3, -0.25) is 4.79 Å². The second-order valence-electron chi connectivity index (χ2n) is 5.38. The van der Waals surface area contributed by atoms with Crippen LogP contribution in [0.2, 0.25) is 0 Å². The number of benzene rings is 1. The van der Waals surface area contributed by atoms with Gasteiger partial charge in [-0.2, -0.15) is 0 Å². The van der Waals surface area contributed by atoms with Crippen molar-refractivity contribution in [3.05, 3.63) is 42.2 Å². The van der Waals surface area contributed by atoms with Gasteiger partial charge >= 0.3 is 0 Å². The predicted octanol–water partition coefficient (Wildman–Crippen LogP) is 1.97. The van der Waals surface area contributed by atoms with E-state index in [0.717, 1.165) is 12.0 Å². The molecule has 0 aliphatic carbocycles. The number of amides is 1. The Hall–Kier alpha value is -2.24. The van der Waals surface area contributed by atoms with Gasteiger partial charge in [0.2, 0.25) is 5.91 Å². The monoisotopic (exact) mass is 287 g/mol. The third kappa shape index (κ3) is 4.66. The van der Waals surface area contributed by atoms with Crippen molar-refractivity contribution in [3.8, 4) is 0 Å². The Labute approximate surface area is 124 Å². The molecule has 0 aliphatic heterocycles. The van der Waals surface area contributed by atoms with Crippen LogP contribution < -0.4 is 5.32 Å². The van der Waals surface area contributed by atoms with E-state index in [0.29, 0.717) is 18.9 Å². The highest BCUT2D eigenvalue weighted by Gasteiger charge is 2.17. The molecule has 2 aromatic rings. The molecule has 21 heavy (non-hydrogen) atoms. The Morgan fingerprint density at radius 2 is 2.05 bits per heavy atom. The van der Waals surface area contributed by atoms with E-state index in [2.05, 4.69) is 34.7 Å².